The van der Waals surface area contributed by atoms with Crippen molar-refractivity contribution in [3.63, 3.8) is 0 Å². The summed E-state index contributed by atoms with van der Waals surface area (Å²) in [6, 6.07) is 3.66. The van der Waals surface area contributed by atoms with Gasteiger partial charge in [0.2, 0.25) is 5.91 Å². The van der Waals surface area contributed by atoms with Gasteiger partial charge in [0.25, 0.3) is 0 Å². The van der Waals surface area contributed by atoms with Gasteiger partial charge in [-0.2, -0.15) is 0 Å². The van der Waals surface area contributed by atoms with E-state index in [0.29, 0.717) is 11.0 Å². The Morgan fingerprint density at radius 2 is 2.39 bits per heavy atom. The Kier molecular flexibility index (Phi) is 5.13. The lowest BCUT2D eigenvalue weighted by molar-refractivity contribution is -0.119. The summed E-state index contributed by atoms with van der Waals surface area (Å²) in [4.78, 5) is 11.8. The van der Waals surface area contributed by atoms with Crippen molar-refractivity contribution in [2.75, 3.05) is 18.8 Å². The second kappa shape index (κ2) is 6.85. The number of carbonyl (C=O) groups is 1. The van der Waals surface area contributed by atoms with Gasteiger partial charge in [0.15, 0.2) is 0 Å². The number of rotatable bonds is 5. The van der Waals surface area contributed by atoms with Crippen molar-refractivity contribution in [3.8, 4) is 0 Å². The predicted molar refractivity (Wildman–Crippen MR) is 73.6 cm³/mol. The molecule has 1 aromatic heterocycles. The molecule has 1 atom stereocenters. The zero-order chi connectivity index (χ0) is 12.8. The molecule has 2 N–H and O–H groups in total. The molecule has 1 fully saturated rings. The molecule has 0 bridgehead atoms. The van der Waals surface area contributed by atoms with Crippen LogP contribution in [0.4, 0.5) is 0 Å². The fraction of sp³-hybridized carbons (Fsp3) is 0.615. The van der Waals surface area contributed by atoms with Gasteiger partial charge in [-0.25, -0.2) is 0 Å². The van der Waals surface area contributed by atoms with Crippen LogP contribution in [-0.4, -0.2) is 30.0 Å². The molecule has 5 heteroatoms. The van der Waals surface area contributed by atoms with Crippen LogP contribution in [0.2, 0.25) is 0 Å². The Balaban J connectivity index is 1.68. The summed E-state index contributed by atoms with van der Waals surface area (Å²) in [5, 5.41) is 6.90. The van der Waals surface area contributed by atoms with Crippen LogP contribution in [0.1, 0.15) is 31.6 Å². The van der Waals surface area contributed by atoms with Crippen LogP contribution in [0.15, 0.2) is 22.8 Å². The monoisotopic (exact) mass is 268 g/mol. The SMILES string of the molecule is C[C@@H](NC(=O)CSC1CCNCC1)c1ccco1. The van der Waals surface area contributed by atoms with E-state index in [1.807, 2.05) is 19.1 Å². The van der Waals surface area contributed by atoms with Gasteiger partial charge in [0, 0.05) is 5.25 Å². The number of thioether (sulfide) groups is 1. The maximum atomic E-state index is 11.8. The fourth-order valence-electron chi connectivity index (χ4n) is 2.05. The molecule has 100 valence electrons. The van der Waals surface area contributed by atoms with Crippen molar-refractivity contribution in [2.45, 2.75) is 31.1 Å². The van der Waals surface area contributed by atoms with Crippen LogP contribution in [0.25, 0.3) is 0 Å². The van der Waals surface area contributed by atoms with Crippen molar-refractivity contribution in [1.29, 1.82) is 0 Å². The van der Waals surface area contributed by atoms with Crippen molar-refractivity contribution in [2.24, 2.45) is 0 Å². The summed E-state index contributed by atoms with van der Waals surface area (Å²) in [6.45, 7) is 4.08. The minimum absolute atomic E-state index is 0.0545. The van der Waals surface area contributed by atoms with E-state index >= 15 is 0 Å². The topological polar surface area (TPSA) is 54.3 Å². The minimum atomic E-state index is -0.0545. The molecule has 2 rings (SSSR count). The van der Waals surface area contributed by atoms with Crippen LogP contribution < -0.4 is 10.6 Å². The number of furan rings is 1. The number of carbonyl (C=O) groups excluding carboxylic acids is 1. The Morgan fingerprint density at radius 3 is 3.06 bits per heavy atom. The summed E-state index contributed by atoms with van der Waals surface area (Å²) in [5.41, 5.74) is 0. The van der Waals surface area contributed by atoms with E-state index < -0.39 is 0 Å². The largest absolute Gasteiger partial charge is 0.467 e. The molecule has 1 aliphatic rings. The van der Waals surface area contributed by atoms with Gasteiger partial charge in [-0.05, 0) is 45.0 Å². The van der Waals surface area contributed by atoms with Crippen LogP contribution in [0.5, 0.6) is 0 Å². The summed E-state index contributed by atoms with van der Waals surface area (Å²) in [6.07, 6.45) is 3.94. The molecule has 0 aliphatic carbocycles. The molecule has 0 unspecified atom stereocenters. The first kappa shape index (κ1) is 13.5. The number of nitrogens with one attached hydrogen (secondary N) is 2. The molecule has 1 aromatic rings. The molecule has 1 saturated heterocycles. The maximum absolute atomic E-state index is 11.8. The van der Waals surface area contributed by atoms with Gasteiger partial charge in [-0.3, -0.25) is 4.79 Å². The zero-order valence-electron chi connectivity index (χ0n) is 10.6. The smallest absolute Gasteiger partial charge is 0.230 e. The van der Waals surface area contributed by atoms with E-state index in [0.717, 1.165) is 31.7 Å². The maximum Gasteiger partial charge on any atom is 0.230 e. The lowest BCUT2D eigenvalue weighted by atomic mass is 10.2. The predicted octanol–water partition coefficient (Wildman–Crippen LogP) is 1.94. The highest BCUT2D eigenvalue weighted by molar-refractivity contribution is 8.00. The number of hydrogen-bond acceptors (Lipinski definition) is 4. The molecule has 0 radical (unpaired) electrons. The summed E-state index contributed by atoms with van der Waals surface area (Å²) in [5.74, 6) is 1.42. The van der Waals surface area contributed by atoms with E-state index in [9.17, 15) is 4.79 Å². The Labute approximate surface area is 112 Å². The summed E-state index contributed by atoms with van der Waals surface area (Å²) in [7, 11) is 0. The van der Waals surface area contributed by atoms with Crippen molar-refractivity contribution >= 4 is 17.7 Å². The normalized spacial score (nSPS) is 18.5. The van der Waals surface area contributed by atoms with Crippen molar-refractivity contribution in [3.05, 3.63) is 24.2 Å². The first-order valence-corrected chi connectivity index (χ1v) is 7.45. The third-order valence-corrected chi connectivity index (χ3v) is 4.46. The zero-order valence-corrected chi connectivity index (χ0v) is 11.5. The van der Waals surface area contributed by atoms with Crippen LogP contribution in [0.3, 0.4) is 0 Å². The van der Waals surface area contributed by atoms with Gasteiger partial charge in [0.05, 0.1) is 18.1 Å². The first-order chi connectivity index (χ1) is 8.75. The number of hydrogen-bond donors (Lipinski definition) is 2. The number of piperidine rings is 1. The van der Waals surface area contributed by atoms with E-state index in [-0.39, 0.29) is 11.9 Å². The first-order valence-electron chi connectivity index (χ1n) is 6.41. The Hall–Kier alpha value is -0.940. The minimum Gasteiger partial charge on any atom is -0.467 e. The van der Waals surface area contributed by atoms with Crippen molar-refractivity contribution in [1.82, 2.24) is 10.6 Å². The highest BCUT2D eigenvalue weighted by Gasteiger charge is 2.16. The molecular weight excluding hydrogens is 248 g/mol. The standard InChI is InChI=1S/C13H20N2O2S/c1-10(12-3-2-8-17-12)15-13(16)9-18-11-4-6-14-7-5-11/h2-3,8,10-11,14H,4-7,9H2,1H3,(H,15,16)/t10-/m1/s1. The van der Waals surface area contributed by atoms with Crippen LogP contribution in [0, 0.1) is 0 Å². The molecule has 1 aliphatic heterocycles. The quantitative estimate of drug-likeness (QED) is 0.857. The average molecular weight is 268 g/mol. The third kappa shape index (κ3) is 4.07. The van der Waals surface area contributed by atoms with E-state index in [2.05, 4.69) is 10.6 Å². The molecule has 1 amide bonds. The molecule has 0 aromatic carbocycles. The van der Waals surface area contributed by atoms with Gasteiger partial charge < -0.3 is 15.1 Å². The molecular formula is C13H20N2O2S. The summed E-state index contributed by atoms with van der Waals surface area (Å²) < 4.78 is 5.26. The van der Waals surface area contributed by atoms with Crippen LogP contribution >= 0.6 is 11.8 Å². The van der Waals surface area contributed by atoms with Gasteiger partial charge in [-0.1, -0.05) is 0 Å². The highest BCUT2D eigenvalue weighted by atomic mass is 32.2. The fourth-order valence-corrected chi connectivity index (χ4v) is 3.09. The molecule has 0 saturated carbocycles. The summed E-state index contributed by atoms with van der Waals surface area (Å²) >= 11 is 1.76. The second-order valence-corrected chi connectivity index (χ2v) is 5.85. The molecule has 2 heterocycles. The molecule has 4 nitrogen and oxygen atoms in total. The molecule has 18 heavy (non-hydrogen) atoms. The van der Waals surface area contributed by atoms with E-state index in [4.69, 9.17) is 4.42 Å². The Morgan fingerprint density at radius 1 is 1.61 bits per heavy atom. The Bertz CT molecular complexity index is 361. The van der Waals surface area contributed by atoms with E-state index in [1.54, 1.807) is 18.0 Å². The second-order valence-electron chi connectivity index (χ2n) is 4.56. The van der Waals surface area contributed by atoms with Gasteiger partial charge in [0.1, 0.15) is 5.76 Å². The third-order valence-electron chi connectivity index (χ3n) is 3.08. The van der Waals surface area contributed by atoms with E-state index in [1.165, 1.54) is 0 Å². The lowest BCUT2D eigenvalue weighted by Gasteiger charge is -2.22. The lowest BCUT2D eigenvalue weighted by Crippen LogP contribution is -2.32. The van der Waals surface area contributed by atoms with Crippen molar-refractivity contribution < 1.29 is 9.21 Å². The van der Waals surface area contributed by atoms with Gasteiger partial charge >= 0.3 is 0 Å². The van der Waals surface area contributed by atoms with Crippen LogP contribution in [-0.2, 0) is 4.79 Å². The van der Waals surface area contributed by atoms with Gasteiger partial charge in [-0.15, -0.1) is 11.8 Å². The number of amides is 1. The highest BCUT2D eigenvalue weighted by Crippen LogP contribution is 2.20. The average Bonchev–Trinajstić information content (AvgIpc) is 2.91. The molecule has 0 spiro atoms.